The van der Waals surface area contributed by atoms with Crippen molar-refractivity contribution in [1.29, 1.82) is 0 Å². The van der Waals surface area contributed by atoms with Gasteiger partial charge in [0.1, 0.15) is 0 Å². The molecule has 0 aliphatic heterocycles. The van der Waals surface area contributed by atoms with Crippen LogP contribution in [0.4, 0.5) is 5.69 Å². The Bertz CT molecular complexity index is 752. The summed E-state index contributed by atoms with van der Waals surface area (Å²) in [5.74, 6) is 2.37. The van der Waals surface area contributed by atoms with Gasteiger partial charge in [-0.1, -0.05) is 12.1 Å². The third-order valence-corrected chi connectivity index (χ3v) is 7.02. The molecule has 4 bridgehead atoms. The molecule has 0 spiro atoms. The fraction of sp³-hybridized carbons (Fsp3) is 0.591. The molecule has 28 heavy (non-hydrogen) atoms. The van der Waals surface area contributed by atoms with Gasteiger partial charge in [-0.3, -0.25) is 9.59 Å². The van der Waals surface area contributed by atoms with E-state index in [0.717, 1.165) is 48.3 Å². The highest BCUT2D eigenvalue weighted by Crippen LogP contribution is 2.60. The number of rotatable bonds is 4. The number of nitrogens with one attached hydrogen (secondary N) is 2. The highest BCUT2D eigenvalue weighted by molar-refractivity contribution is 7.80. The van der Waals surface area contributed by atoms with E-state index in [1.165, 1.54) is 19.3 Å². The number of anilines is 1. The second-order valence-electron chi connectivity index (χ2n) is 9.27. The molecule has 0 heterocycles. The molecular weight excluding hydrogens is 370 g/mol. The predicted molar refractivity (Wildman–Crippen MR) is 114 cm³/mol. The lowest BCUT2D eigenvalue weighted by molar-refractivity contribution is -0.144. The van der Waals surface area contributed by atoms with E-state index in [9.17, 15) is 9.59 Å². The molecule has 4 fully saturated rings. The Labute approximate surface area is 172 Å². The zero-order valence-electron chi connectivity index (χ0n) is 16.7. The maximum absolute atomic E-state index is 13.1. The number of thiocarbonyl (C=S) groups is 1. The summed E-state index contributed by atoms with van der Waals surface area (Å²) in [5.41, 5.74) is 1.57. The van der Waals surface area contributed by atoms with Gasteiger partial charge < -0.3 is 15.5 Å². The third-order valence-electron chi connectivity index (χ3n) is 6.81. The van der Waals surface area contributed by atoms with Crippen molar-refractivity contribution >= 4 is 34.8 Å². The van der Waals surface area contributed by atoms with Gasteiger partial charge in [0.15, 0.2) is 5.11 Å². The minimum absolute atomic E-state index is 0.0686. The van der Waals surface area contributed by atoms with Crippen LogP contribution in [0.1, 0.15) is 44.1 Å². The number of carbonyl (C=O) groups is 2. The molecule has 0 unspecified atom stereocenters. The molecule has 2 amide bonds. The van der Waals surface area contributed by atoms with Crippen LogP contribution in [0, 0.1) is 23.2 Å². The van der Waals surface area contributed by atoms with Crippen molar-refractivity contribution in [2.24, 2.45) is 23.2 Å². The van der Waals surface area contributed by atoms with Gasteiger partial charge in [0, 0.05) is 19.8 Å². The van der Waals surface area contributed by atoms with Crippen LogP contribution in [0.25, 0.3) is 0 Å². The number of hydrogen-bond acceptors (Lipinski definition) is 3. The summed E-state index contributed by atoms with van der Waals surface area (Å²) in [4.78, 5) is 26.4. The van der Waals surface area contributed by atoms with Crippen molar-refractivity contribution in [2.45, 2.75) is 44.9 Å². The number of likely N-dealkylation sites (N-methyl/N-ethyl adjacent to an activating group) is 1. The minimum Gasteiger partial charge on any atom is -0.349 e. The van der Waals surface area contributed by atoms with E-state index in [4.69, 9.17) is 12.2 Å². The van der Waals surface area contributed by atoms with Crippen LogP contribution in [-0.4, -0.2) is 35.9 Å². The lowest BCUT2D eigenvalue weighted by Crippen LogP contribution is -2.55. The second-order valence-corrected chi connectivity index (χ2v) is 9.68. The van der Waals surface area contributed by atoms with Crippen molar-refractivity contribution in [3.63, 3.8) is 0 Å². The van der Waals surface area contributed by atoms with Crippen LogP contribution >= 0.6 is 12.2 Å². The maximum atomic E-state index is 13.1. The normalized spacial score (nSPS) is 30.0. The van der Waals surface area contributed by atoms with Crippen LogP contribution in [-0.2, 0) is 16.0 Å². The van der Waals surface area contributed by atoms with Gasteiger partial charge in [0.2, 0.25) is 11.8 Å². The molecule has 1 aromatic rings. The summed E-state index contributed by atoms with van der Waals surface area (Å²) in [6.07, 6.45) is 7.42. The van der Waals surface area contributed by atoms with E-state index in [-0.39, 0.29) is 17.2 Å². The van der Waals surface area contributed by atoms with Gasteiger partial charge >= 0.3 is 0 Å². The molecule has 2 N–H and O–H groups in total. The maximum Gasteiger partial charge on any atom is 0.232 e. The fourth-order valence-corrected chi connectivity index (χ4v) is 6.04. The van der Waals surface area contributed by atoms with E-state index >= 15 is 0 Å². The van der Waals surface area contributed by atoms with Gasteiger partial charge in [-0.25, -0.2) is 0 Å². The van der Waals surface area contributed by atoms with Crippen LogP contribution < -0.4 is 10.6 Å². The summed E-state index contributed by atoms with van der Waals surface area (Å²) in [7, 11) is 3.51. The standard InChI is InChI=1S/C22H29N3O2S/c1-25(2)19(26)10-14-3-5-18(6-4-14)23-21(28)24-20(27)22-11-15-7-16(12-22)9-17(8-15)13-22/h3-6,15-17H,7-13H2,1-2H3,(H2,23,24,27,28). The van der Waals surface area contributed by atoms with Gasteiger partial charge in [-0.05, 0) is 86.2 Å². The number of nitrogens with zero attached hydrogens (tertiary/aromatic N) is 1. The first-order valence-electron chi connectivity index (χ1n) is 10.2. The summed E-state index contributed by atoms with van der Waals surface area (Å²) in [6, 6.07) is 7.60. The number of benzene rings is 1. The van der Waals surface area contributed by atoms with Gasteiger partial charge in [-0.15, -0.1) is 0 Å². The Morgan fingerprint density at radius 1 is 1.04 bits per heavy atom. The first-order chi connectivity index (χ1) is 13.3. The zero-order chi connectivity index (χ0) is 19.9. The number of hydrogen-bond donors (Lipinski definition) is 2. The molecule has 0 atom stereocenters. The monoisotopic (exact) mass is 399 g/mol. The molecule has 5 rings (SSSR count). The van der Waals surface area contributed by atoms with Crippen molar-refractivity contribution in [1.82, 2.24) is 10.2 Å². The third kappa shape index (κ3) is 3.93. The Balaban J connectivity index is 1.33. The van der Waals surface area contributed by atoms with E-state index in [1.807, 2.05) is 24.3 Å². The average molecular weight is 400 g/mol. The number of amides is 2. The van der Waals surface area contributed by atoms with Gasteiger partial charge in [-0.2, -0.15) is 0 Å². The molecule has 0 saturated heterocycles. The molecule has 0 radical (unpaired) electrons. The Hall–Kier alpha value is -1.95. The molecule has 4 aliphatic rings. The van der Waals surface area contributed by atoms with Crippen molar-refractivity contribution in [3.05, 3.63) is 29.8 Å². The van der Waals surface area contributed by atoms with E-state index in [2.05, 4.69) is 10.6 Å². The van der Waals surface area contributed by atoms with E-state index < -0.39 is 0 Å². The lowest BCUT2D eigenvalue weighted by Gasteiger charge is -2.55. The highest BCUT2D eigenvalue weighted by atomic mass is 32.1. The minimum atomic E-state index is -0.198. The molecule has 4 saturated carbocycles. The quantitative estimate of drug-likeness (QED) is 0.763. The molecule has 150 valence electrons. The highest BCUT2D eigenvalue weighted by Gasteiger charge is 2.54. The van der Waals surface area contributed by atoms with E-state index in [0.29, 0.717) is 11.5 Å². The van der Waals surface area contributed by atoms with Crippen LogP contribution in [0.3, 0.4) is 0 Å². The molecule has 1 aromatic carbocycles. The first-order valence-corrected chi connectivity index (χ1v) is 10.7. The zero-order valence-corrected chi connectivity index (χ0v) is 17.5. The predicted octanol–water partition coefficient (Wildman–Crippen LogP) is 3.35. The van der Waals surface area contributed by atoms with Crippen molar-refractivity contribution in [3.8, 4) is 0 Å². The van der Waals surface area contributed by atoms with Gasteiger partial charge in [0.25, 0.3) is 0 Å². The van der Waals surface area contributed by atoms with Crippen LogP contribution in [0.2, 0.25) is 0 Å². The summed E-state index contributed by atoms with van der Waals surface area (Å²) in [6.45, 7) is 0. The Morgan fingerprint density at radius 2 is 1.57 bits per heavy atom. The first kappa shape index (κ1) is 19.4. The average Bonchev–Trinajstić information content (AvgIpc) is 2.62. The fourth-order valence-electron chi connectivity index (χ4n) is 5.83. The lowest BCUT2D eigenvalue weighted by atomic mass is 9.49. The van der Waals surface area contributed by atoms with Crippen LogP contribution in [0.5, 0.6) is 0 Å². The molecular formula is C22H29N3O2S. The molecule has 0 aromatic heterocycles. The van der Waals surface area contributed by atoms with E-state index in [1.54, 1.807) is 19.0 Å². The molecule has 4 aliphatic carbocycles. The van der Waals surface area contributed by atoms with Gasteiger partial charge in [0.05, 0.1) is 11.8 Å². The molecule has 5 nitrogen and oxygen atoms in total. The molecule has 6 heteroatoms. The van der Waals surface area contributed by atoms with Crippen molar-refractivity contribution in [2.75, 3.05) is 19.4 Å². The van der Waals surface area contributed by atoms with Crippen LogP contribution in [0.15, 0.2) is 24.3 Å². The van der Waals surface area contributed by atoms with Crippen molar-refractivity contribution < 1.29 is 9.59 Å². The largest absolute Gasteiger partial charge is 0.349 e. The number of carbonyl (C=O) groups excluding carboxylic acids is 2. The summed E-state index contributed by atoms with van der Waals surface area (Å²) in [5, 5.41) is 6.44. The summed E-state index contributed by atoms with van der Waals surface area (Å²) < 4.78 is 0. The Kier molecular flexibility index (Phi) is 5.17. The Morgan fingerprint density at radius 3 is 2.07 bits per heavy atom. The smallest absolute Gasteiger partial charge is 0.232 e. The summed E-state index contributed by atoms with van der Waals surface area (Å²) >= 11 is 5.40. The second kappa shape index (κ2) is 7.47. The SMILES string of the molecule is CN(C)C(=O)Cc1ccc(NC(=S)NC(=O)C23CC4CC(CC(C4)C2)C3)cc1. The topological polar surface area (TPSA) is 61.4 Å².